The number of hydrogen-bond donors (Lipinski definition) is 1. The van der Waals surface area contributed by atoms with E-state index in [4.69, 9.17) is 20.5 Å². The summed E-state index contributed by atoms with van der Waals surface area (Å²) in [4.78, 5) is 0. The second-order valence-corrected chi connectivity index (χ2v) is 3.65. The maximum absolute atomic E-state index is 8.97. The zero-order valence-corrected chi connectivity index (χ0v) is 9.88. The fraction of sp³-hybridized carbons (Fsp3) is 0.0714. The van der Waals surface area contributed by atoms with Crippen LogP contribution in [0, 0.1) is 11.3 Å². The first-order valence-electron chi connectivity index (χ1n) is 5.34. The van der Waals surface area contributed by atoms with E-state index in [1.165, 1.54) is 0 Å². The third-order valence-corrected chi connectivity index (χ3v) is 2.37. The largest absolute Gasteiger partial charge is 0.497 e. The maximum atomic E-state index is 8.97. The maximum Gasteiger partial charge on any atom is 0.145 e. The van der Waals surface area contributed by atoms with Crippen molar-refractivity contribution in [1.82, 2.24) is 0 Å². The van der Waals surface area contributed by atoms with Crippen LogP contribution in [0.1, 0.15) is 5.56 Å². The van der Waals surface area contributed by atoms with Gasteiger partial charge in [-0.2, -0.15) is 5.26 Å². The highest BCUT2D eigenvalue weighted by Gasteiger charge is 2.05. The molecule has 0 aliphatic carbocycles. The Morgan fingerprint density at radius 1 is 1.11 bits per heavy atom. The average Bonchev–Trinajstić information content (AvgIpc) is 2.38. The van der Waals surface area contributed by atoms with E-state index in [0.29, 0.717) is 28.5 Å². The SMILES string of the molecule is COc1cc(N)cc(Oc2ccccc2C#N)c1. The summed E-state index contributed by atoms with van der Waals surface area (Å²) < 4.78 is 10.7. The number of ether oxygens (including phenoxy) is 2. The van der Waals surface area contributed by atoms with E-state index in [1.807, 2.05) is 0 Å². The fourth-order valence-electron chi connectivity index (χ4n) is 1.55. The quantitative estimate of drug-likeness (QED) is 0.837. The van der Waals surface area contributed by atoms with E-state index in [0.717, 1.165) is 0 Å². The molecule has 0 aromatic heterocycles. The average molecular weight is 240 g/mol. The molecule has 0 fully saturated rings. The minimum absolute atomic E-state index is 0.471. The Labute approximate surface area is 105 Å². The summed E-state index contributed by atoms with van der Waals surface area (Å²) in [7, 11) is 1.56. The Balaban J connectivity index is 2.34. The Morgan fingerprint density at radius 3 is 2.56 bits per heavy atom. The number of nitrogen functional groups attached to an aromatic ring is 1. The molecule has 2 aromatic carbocycles. The van der Waals surface area contributed by atoms with E-state index in [1.54, 1.807) is 49.6 Å². The van der Waals surface area contributed by atoms with Crippen LogP contribution in [0.4, 0.5) is 5.69 Å². The van der Waals surface area contributed by atoms with Crippen molar-refractivity contribution in [3.05, 3.63) is 48.0 Å². The minimum Gasteiger partial charge on any atom is -0.497 e. The van der Waals surface area contributed by atoms with E-state index < -0.39 is 0 Å². The second kappa shape index (κ2) is 5.11. The zero-order chi connectivity index (χ0) is 13.0. The van der Waals surface area contributed by atoms with Gasteiger partial charge in [0, 0.05) is 23.9 Å². The Morgan fingerprint density at radius 2 is 1.83 bits per heavy atom. The van der Waals surface area contributed by atoms with E-state index in [9.17, 15) is 0 Å². The van der Waals surface area contributed by atoms with Crippen LogP contribution in [0.15, 0.2) is 42.5 Å². The molecule has 18 heavy (non-hydrogen) atoms. The predicted octanol–water partition coefficient (Wildman–Crippen LogP) is 2.94. The molecule has 2 rings (SSSR count). The highest BCUT2D eigenvalue weighted by atomic mass is 16.5. The van der Waals surface area contributed by atoms with Crippen LogP contribution < -0.4 is 15.2 Å². The van der Waals surface area contributed by atoms with Gasteiger partial charge in [0.2, 0.25) is 0 Å². The molecule has 4 nitrogen and oxygen atoms in total. The van der Waals surface area contributed by atoms with Gasteiger partial charge in [0.15, 0.2) is 0 Å². The second-order valence-electron chi connectivity index (χ2n) is 3.65. The van der Waals surface area contributed by atoms with E-state index in [-0.39, 0.29) is 0 Å². The summed E-state index contributed by atoms with van der Waals surface area (Å²) in [6.07, 6.45) is 0. The molecule has 0 saturated carbocycles. The molecule has 0 aliphatic heterocycles. The van der Waals surface area contributed by atoms with Crippen LogP contribution in [0.3, 0.4) is 0 Å². The summed E-state index contributed by atoms with van der Waals surface area (Å²) in [5, 5.41) is 8.97. The van der Waals surface area contributed by atoms with Gasteiger partial charge in [-0.1, -0.05) is 12.1 Å². The standard InChI is InChI=1S/C14H12N2O2/c1-17-12-6-11(16)7-13(8-12)18-14-5-3-2-4-10(14)9-15/h2-8H,16H2,1H3. The smallest absolute Gasteiger partial charge is 0.145 e. The number of nitrogens with two attached hydrogens (primary N) is 1. The third-order valence-electron chi connectivity index (χ3n) is 2.37. The molecule has 2 aromatic rings. The number of hydrogen-bond acceptors (Lipinski definition) is 4. The summed E-state index contributed by atoms with van der Waals surface area (Å²) in [5.74, 6) is 1.64. The van der Waals surface area contributed by atoms with Crippen LogP contribution in [0.5, 0.6) is 17.2 Å². The van der Waals surface area contributed by atoms with E-state index in [2.05, 4.69) is 6.07 Å². The van der Waals surface area contributed by atoms with Gasteiger partial charge < -0.3 is 15.2 Å². The molecule has 90 valence electrons. The number of anilines is 1. The summed E-state index contributed by atoms with van der Waals surface area (Å²) in [6.45, 7) is 0. The van der Waals surface area contributed by atoms with Gasteiger partial charge in [-0.15, -0.1) is 0 Å². The zero-order valence-electron chi connectivity index (χ0n) is 9.88. The summed E-state index contributed by atoms with van der Waals surface area (Å²) in [6, 6.07) is 14.2. The number of nitrogens with zero attached hydrogens (tertiary/aromatic N) is 1. The lowest BCUT2D eigenvalue weighted by molar-refractivity contribution is 0.409. The molecule has 0 atom stereocenters. The first-order chi connectivity index (χ1) is 8.72. The summed E-state index contributed by atoms with van der Waals surface area (Å²) in [5.41, 5.74) is 6.75. The molecule has 4 heteroatoms. The third kappa shape index (κ3) is 2.53. The molecule has 0 unspecified atom stereocenters. The van der Waals surface area contributed by atoms with Crippen molar-refractivity contribution in [2.45, 2.75) is 0 Å². The molecular weight excluding hydrogens is 228 g/mol. The van der Waals surface area contributed by atoms with Crippen molar-refractivity contribution in [2.75, 3.05) is 12.8 Å². The lowest BCUT2D eigenvalue weighted by atomic mass is 10.2. The van der Waals surface area contributed by atoms with Crippen LogP contribution >= 0.6 is 0 Å². The topological polar surface area (TPSA) is 68.3 Å². The van der Waals surface area contributed by atoms with Crippen LogP contribution in [-0.2, 0) is 0 Å². The van der Waals surface area contributed by atoms with Crippen molar-refractivity contribution >= 4 is 5.69 Å². The van der Waals surface area contributed by atoms with Crippen molar-refractivity contribution < 1.29 is 9.47 Å². The van der Waals surface area contributed by atoms with Crippen molar-refractivity contribution in [2.24, 2.45) is 0 Å². The number of benzene rings is 2. The van der Waals surface area contributed by atoms with Gasteiger partial charge in [-0.3, -0.25) is 0 Å². The fourth-order valence-corrected chi connectivity index (χ4v) is 1.55. The number of nitriles is 1. The first-order valence-corrected chi connectivity index (χ1v) is 5.34. The normalized spacial score (nSPS) is 9.56. The van der Waals surface area contributed by atoms with Gasteiger partial charge in [0.1, 0.15) is 23.3 Å². The number of methoxy groups -OCH3 is 1. The van der Waals surface area contributed by atoms with Crippen molar-refractivity contribution in [3.63, 3.8) is 0 Å². The van der Waals surface area contributed by atoms with Crippen molar-refractivity contribution in [3.8, 4) is 23.3 Å². The van der Waals surface area contributed by atoms with Gasteiger partial charge in [0.05, 0.1) is 12.7 Å². The molecule has 0 aliphatic rings. The number of rotatable bonds is 3. The predicted molar refractivity (Wildman–Crippen MR) is 68.6 cm³/mol. The molecule has 0 amide bonds. The van der Waals surface area contributed by atoms with Crippen LogP contribution in [0.2, 0.25) is 0 Å². The Bertz CT molecular complexity index is 603. The van der Waals surface area contributed by atoms with Crippen LogP contribution in [-0.4, -0.2) is 7.11 Å². The molecule has 0 saturated heterocycles. The monoisotopic (exact) mass is 240 g/mol. The van der Waals surface area contributed by atoms with E-state index >= 15 is 0 Å². The van der Waals surface area contributed by atoms with Crippen LogP contribution in [0.25, 0.3) is 0 Å². The summed E-state index contributed by atoms with van der Waals surface area (Å²) >= 11 is 0. The van der Waals surface area contributed by atoms with Gasteiger partial charge >= 0.3 is 0 Å². The highest BCUT2D eigenvalue weighted by Crippen LogP contribution is 2.29. The Hall–Kier alpha value is -2.67. The lowest BCUT2D eigenvalue weighted by Crippen LogP contribution is -1.92. The molecule has 0 bridgehead atoms. The highest BCUT2D eigenvalue weighted by molar-refractivity contribution is 5.52. The molecule has 0 spiro atoms. The first kappa shape index (κ1) is 11.8. The lowest BCUT2D eigenvalue weighted by Gasteiger charge is -2.09. The number of para-hydroxylation sites is 1. The molecule has 0 radical (unpaired) electrons. The minimum atomic E-state index is 0.471. The Kier molecular flexibility index (Phi) is 3.35. The van der Waals surface area contributed by atoms with Gasteiger partial charge in [0.25, 0.3) is 0 Å². The van der Waals surface area contributed by atoms with Crippen molar-refractivity contribution in [1.29, 1.82) is 5.26 Å². The molecule has 0 heterocycles. The molecule has 2 N–H and O–H groups in total. The molecular formula is C14H12N2O2. The van der Waals surface area contributed by atoms with Gasteiger partial charge in [-0.25, -0.2) is 0 Å². The van der Waals surface area contributed by atoms with Gasteiger partial charge in [-0.05, 0) is 12.1 Å².